The largest absolute Gasteiger partial charge is 0.452 e. The van der Waals surface area contributed by atoms with Gasteiger partial charge in [-0.15, -0.1) is 14.4 Å². The fourth-order valence-electron chi connectivity index (χ4n) is 4.69. The van der Waals surface area contributed by atoms with Crippen LogP contribution in [0.5, 0.6) is 0 Å². The van der Waals surface area contributed by atoms with Crippen molar-refractivity contribution in [2.45, 2.75) is 44.7 Å². The van der Waals surface area contributed by atoms with Crippen LogP contribution >= 0.6 is 15.8 Å². The predicted octanol–water partition coefficient (Wildman–Crippen LogP) is 5.49. The van der Waals surface area contributed by atoms with E-state index < -0.39 is 15.8 Å². The molecule has 8 nitrogen and oxygen atoms in total. The molecule has 3 fully saturated rings. The summed E-state index contributed by atoms with van der Waals surface area (Å²) in [6.45, 7) is 5.27. The van der Waals surface area contributed by atoms with Gasteiger partial charge in [0.1, 0.15) is 11.0 Å². The van der Waals surface area contributed by atoms with Crippen molar-refractivity contribution in [3.63, 3.8) is 0 Å². The first-order chi connectivity index (χ1) is 15.7. The smallest absolute Gasteiger partial charge is 0.313 e. The molecule has 1 aromatic carbocycles. The van der Waals surface area contributed by atoms with Gasteiger partial charge in [0.15, 0.2) is 0 Å². The van der Waals surface area contributed by atoms with Crippen molar-refractivity contribution in [3.05, 3.63) is 24.3 Å². The van der Waals surface area contributed by atoms with E-state index in [1.807, 2.05) is 24.3 Å². The molecular weight excluding hydrogens is 506 g/mol. The van der Waals surface area contributed by atoms with Gasteiger partial charge in [-0.1, -0.05) is 16.8 Å². The predicted molar refractivity (Wildman–Crippen MR) is 120 cm³/mol. The minimum absolute atomic E-state index is 0.0503. The average molecular weight is 535 g/mol. The molecule has 0 amide bonds. The number of para-hydroxylation sites is 1. The van der Waals surface area contributed by atoms with Gasteiger partial charge in [-0.05, 0) is 60.7 Å². The van der Waals surface area contributed by atoms with Gasteiger partial charge in [0.2, 0.25) is 0 Å². The van der Waals surface area contributed by atoms with Crippen molar-refractivity contribution in [3.8, 4) is 0 Å². The summed E-state index contributed by atoms with van der Waals surface area (Å²) < 4.78 is 73.8. The number of halogens is 6. The van der Waals surface area contributed by atoms with Gasteiger partial charge in [0.25, 0.3) is 0 Å². The van der Waals surface area contributed by atoms with Gasteiger partial charge in [0.05, 0.1) is 6.17 Å². The Kier molecular flexibility index (Phi) is 6.58. The summed E-state index contributed by atoms with van der Waals surface area (Å²) in [5.74, 6) is 0. The molecule has 194 valence electrons. The Hall–Kier alpha value is -1.30. The van der Waals surface area contributed by atoms with Gasteiger partial charge in [0, 0.05) is 32.7 Å². The maximum absolute atomic E-state index is 10.7. The normalized spacial score (nSPS) is 25.2. The SMILES string of the molecule is F[P-](F)(F)(F)(F)F.NC1CCCN1[P+](On1nnc2ccccc21)(N1CCCC1)N1CCCC1. The standard InChI is InChI=1S/C18H29N7OP.F6P/c19-18-10-7-15-24(18)27(22-11-3-4-12-22,23-13-5-6-14-23)26-25-17-9-2-1-8-16(17)20-21-25;1-7(2,3,4,5)6/h1-2,8-9,18H,3-7,10-15,19H2;/q+1;-1. The van der Waals surface area contributed by atoms with E-state index >= 15 is 0 Å². The molecule has 0 radical (unpaired) electrons. The Morgan fingerprint density at radius 2 is 1.38 bits per heavy atom. The number of hydrogen-bond donors (Lipinski definition) is 1. The van der Waals surface area contributed by atoms with Crippen LogP contribution in [-0.2, 0) is 0 Å². The maximum atomic E-state index is 9.87. The molecule has 34 heavy (non-hydrogen) atoms. The molecule has 1 aromatic heterocycles. The molecule has 0 saturated carbocycles. The van der Waals surface area contributed by atoms with Crippen LogP contribution in [0.1, 0.15) is 38.5 Å². The van der Waals surface area contributed by atoms with Gasteiger partial charge in [-0.2, -0.15) is 4.62 Å². The number of hydrogen-bond acceptors (Lipinski definition) is 7. The first-order valence-corrected chi connectivity index (χ1v) is 14.8. The molecule has 4 heterocycles. The number of rotatable bonds is 5. The van der Waals surface area contributed by atoms with Crippen molar-refractivity contribution >= 4 is 26.8 Å². The number of nitrogens with two attached hydrogens (primary N) is 1. The third-order valence-electron chi connectivity index (χ3n) is 6.01. The molecule has 3 saturated heterocycles. The van der Waals surface area contributed by atoms with Gasteiger partial charge in [-0.3, -0.25) is 0 Å². The number of aromatic nitrogens is 3. The van der Waals surface area contributed by atoms with Crippen LogP contribution in [0.4, 0.5) is 25.2 Å². The van der Waals surface area contributed by atoms with E-state index in [0.29, 0.717) is 0 Å². The van der Waals surface area contributed by atoms with E-state index in [9.17, 15) is 25.2 Å². The first kappa shape index (κ1) is 25.8. The summed E-state index contributed by atoms with van der Waals surface area (Å²) >= 11 is 0. The zero-order valence-electron chi connectivity index (χ0n) is 18.5. The monoisotopic (exact) mass is 535 g/mol. The fourth-order valence-corrected chi connectivity index (χ4v) is 8.84. The minimum Gasteiger partial charge on any atom is -0.313 e. The van der Waals surface area contributed by atoms with Crippen LogP contribution in [0, 0.1) is 0 Å². The van der Waals surface area contributed by atoms with Crippen molar-refractivity contribution in [1.29, 1.82) is 0 Å². The van der Waals surface area contributed by atoms with Gasteiger partial charge < -0.3 is 5.73 Å². The Bertz CT molecular complexity index is 969. The summed E-state index contributed by atoms with van der Waals surface area (Å²) in [6.07, 6.45) is 7.10. The summed E-state index contributed by atoms with van der Waals surface area (Å²) in [5.41, 5.74) is 8.41. The number of benzene rings is 1. The Balaban J connectivity index is 0.000000344. The van der Waals surface area contributed by atoms with E-state index in [-0.39, 0.29) is 6.17 Å². The first-order valence-electron chi connectivity index (χ1n) is 11.2. The molecule has 0 aliphatic carbocycles. The van der Waals surface area contributed by atoms with E-state index in [1.165, 1.54) is 25.7 Å². The van der Waals surface area contributed by atoms with E-state index in [1.54, 1.807) is 4.85 Å². The molecule has 5 rings (SSSR count). The van der Waals surface area contributed by atoms with Crippen LogP contribution in [0.25, 0.3) is 11.0 Å². The Morgan fingerprint density at radius 1 is 0.853 bits per heavy atom. The fraction of sp³-hybridized carbons (Fsp3) is 0.667. The number of nitrogens with zero attached hydrogens (tertiary/aromatic N) is 6. The number of fused-ring (bicyclic) bond motifs is 1. The molecule has 16 heteroatoms. The van der Waals surface area contributed by atoms with Crippen LogP contribution in [0.3, 0.4) is 0 Å². The van der Waals surface area contributed by atoms with Crippen molar-refractivity contribution in [2.24, 2.45) is 5.73 Å². The van der Waals surface area contributed by atoms with Gasteiger partial charge in [-0.25, -0.2) is 0 Å². The molecule has 1 unspecified atom stereocenters. The van der Waals surface area contributed by atoms with Crippen LogP contribution in [-0.4, -0.2) is 68.1 Å². The molecular formula is C18H29F6N7OP2. The van der Waals surface area contributed by atoms with Crippen molar-refractivity contribution in [1.82, 2.24) is 29.2 Å². The van der Waals surface area contributed by atoms with E-state index in [4.69, 9.17) is 10.4 Å². The van der Waals surface area contributed by atoms with E-state index in [2.05, 4.69) is 24.3 Å². The Morgan fingerprint density at radius 3 is 1.88 bits per heavy atom. The second kappa shape index (κ2) is 8.67. The molecule has 1 atom stereocenters. The summed E-state index contributed by atoms with van der Waals surface area (Å²) in [6, 6.07) is 8.01. The van der Waals surface area contributed by atoms with Gasteiger partial charge >= 0.3 is 40.9 Å². The molecule has 3 aliphatic rings. The van der Waals surface area contributed by atoms with Crippen molar-refractivity contribution in [2.75, 3.05) is 32.7 Å². The van der Waals surface area contributed by atoms with E-state index in [0.717, 1.165) is 56.6 Å². The molecule has 0 bridgehead atoms. The zero-order chi connectivity index (χ0) is 24.7. The van der Waals surface area contributed by atoms with Crippen molar-refractivity contribution < 1.29 is 29.8 Å². The third kappa shape index (κ3) is 6.27. The molecule has 3 aliphatic heterocycles. The molecule has 2 N–H and O–H groups in total. The zero-order valence-corrected chi connectivity index (χ0v) is 20.3. The van der Waals surface area contributed by atoms with Crippen LogP contribution < -0.4 is 10.4 Å². The summed E-state index contributed by atoms with van der Waals surface area (Å²) in [4.78, 5) is 1.67. The maximum Gasteiger partial charge on any atom is 0.452 e. The summed E-state index contributed by atoms with van der Waals surface area (Å²) in [7, 11) is -12.9. The van der Waals surface area contributed by atoms with Crippen LogP contribution in [0.15, 0.2) is 24.3 Å². The average Bonchev–Trinajstić information content (AvgIpc) is 3.51. The second-order valence-electron chi connectivity index (χ2n) is 8.70. The van der Waals surface area contributed by atoms with Crippen LogP contribution in [0.2, 0.25) is 0 Å². The Labute approximate surface area is 193 Å². The third-order valence-corrected chi connectivity index (χ3v) is 9.83. The quantitative estimate of drug-likeness (QED) is 0.401. The topological polar surface area (TPSA) is 75.7 Å². The second-order valence-corrected chi connectivity index (χ2v) is 13.5. The molecule has 0 spiro atoms. The minimum atomic E-state index is -10.7. The molecule has 2 aromatic rings. The summed E-state index contributed by atoms with van der Waals surface area (Å²) in [5, 5.41) is 8.69.